The smallest absolute Gasteiger partial charge is 0.191 e. The topological polar surface area (TPSA) is 60.1 Å². The van der Waals surface area contributed by atoms with E-state index in [-0.39, 0.29) is 11.5 Å². The second-order valence-corrected chi connectivity index (χ2v) is 5.99. The van der Waals surface area contributed by atoms with Crippen molar-refractivity contribution in [1.29, 1.82) is 0 Å². The average molecular weight is 283 g/mol. The van der Waals surface area contributed by atoms with Crippen molar-refractivity contribution in [2.75, 3.05) is 33.4 Å². The summed E-state index contributed by atoms with van der Waals surface area (Å²) in [5.41, 5.74) is 6.36. The maximum atomic E-state index is 6.22. The summed E-state index contributed by atoms with van der Waals surface area (Å²) in [7, 11) is 1.81. The fourth-order valence-corrected chi connectivity index (χ4v) is 4.05. The van der Waals surface area contributed by atoms with Crippen LogP contribution < -0.4 is 5.73 Å². The molecule has 0 aromatic carbocycles. The van der Waals surface area contributed by atoms with Gasteiger partial charge in [0.25, 0.3) is 0 Å². The molecule has 116 valence electrons. The van der Waals surface area contributed by atoms with Gasteiger partial charge in [-0.05, 0) is 12.8 Å². The molecule has 0 radical (unpaired) electrons. The molecule has 5 heteroatoms. The van der Waals surface area contributed by atoms with E-state index in [0.717, 1.165) is 39.1 Å². The third-order valence-corrected chi connectivity index (χ3v) is 5.31. The molecule has 1 aliphatic heterocycles. The lowest BCUT2D eigenvalue weighted by atomic mass is 9.53. The highest BCUT2D eigenvalue weighted by Gasteiger charge is 2.58. The number of nitrogens with two attached hydrogens (primary N) is 1. The number of aliphatic imine (C=N–C) groups is 1. The predicted octanol–water partition coefficient (Wildman–Crippen LogP) is 1.47. The molecule has 1 heterocycles. The average Bonchev–Trinajstić information content (AvgIpc) is 2.50. The van der Waals surface area contributed by atoms with Crippen LogP contribution in [0.2, 0.25) is 0 Å². The van der Waals surface area contributed by atoms with Gasteiger partial charge in [0.1, 0.15) is 0 Å². The molecule has 0 amide bonds. The Kier molecular flexibility index (Phi) is 4.91. The zero-order chi connectivity index (χ0) is 14.8. The Morgan fingerprint density at radius 3 is 2.45 bits per heavy atom. The minimum absolute atomic E-state index is 0.144. The Hall–Kier alpha value is -0.810. The molecule has 1 aliphatic carbocycles. The van der Waals surface area contributed by atoms with E-state index >= 15 is 0 Å². The predicted molar refractivity (Wildman–Crippen MR) is 80.8 cm³/mol. The van der Waals surface area contributed by atoms with Gasteiger partial charge in [0, 0.05) is 31.5 Å². The largest absolute Gasteiger partial charge is 0.380 e. The summed E-state index contributed by atoms with van der Waals surface area (Å²) in [4.78, 5) is 7.00. The lowest BCUT2D eigenvalue weighted by Crippen LogP contribution is -2.64. The van der Waals surface area contributed by atoms with E-state index < -0.39 is 0 Å². The van der Waals surface area contributed by atoms with Crippen LogP contribution in [0.1, 0.15) is 33.6 Å². The molecule has 3 unspecified atom stereocenters. The molecule has 2 rings (SSSR count). The lowest BCUT2D eigenvalue weighted by Gasteiger charge is -2.58. The first-order chi connectivity index (χ1) is 9.60. The molecule has 2 aliphatic rings. The van der Waals surface area contributed by atoms with Gasteiger partial charge in [-0.1, -0.05) is 20.8 Å². The van der Waals surface area contributed by atoms with Gasteiger partial charge in [-0.2, -0.15) is 0 Å². The van der Waals surface area contributed by atoms with Gasteiger partial charge in [-0.15, -0.1) is 0 Å². The highest BCUT2D eigenvalue weighted by Crippen LogP contribution is 2.54. The zero-order valence-electron chi connectivity index (χ0n) is 13.3. The lowest BCUT2D eigenvalue weighted by molar-refractivity contribution is -0.156. The number of guanidine groups is 1. The van der Waals surface area contributed by atoms with E-state index in [9.17, 15) is 0 Å². The van der Waals surface area contributed by atoms with Crippen molar-refractivity contribution in [3.05, 3.63) is 0 Å². The third-order valence-electron chi connectivity index (χ3n) is 5.31. The van der Waals surface area contributed by atoms with Crippen LogP contribution in [0.15, 0.2) is 4.99 Å². The molecule has 20 heavy (non-hydrogen) atoms. The van der Waals surface area contributed by atoms with E-state index in [1.807, 2.05) is 7.11 Å². The Labute approximate surface area is 122 Å². The zero-order valence-corrected chi connectivity index (χ0v) is 13.3. The molecule has 0 aromatic rings. The summed E-state index contributed by atoms with van der Waals surface area (Å²) in [6, 6.07) is 0.269. The standard InChI is InChI=1S/C15H29N3O2/c1-5-15(6-2)12(11(3)13(15)19-4)17-14(16)18-7-9-20-10-8-18/h11-13H,5-10H2,1-4H3,(H2,16,17). The fraction of sp³-hybridized carbons (Fsp3) is 0.933. The number of ether oxygens (including phenoxy) is 2. The molecule has 2 fully saturated rings. The quantitative estimate of drug-likeness (QED) is 0.627. The van der Waals surface area contributed by atoms with E-state index in [0.29, 0.717) is 18.0 Å². The number of rotatable bonds is 4. The Balaban J connectivity index is 2.13. The first kappa shape index (κ1) is 15.6. The van der Waals surface area contributed by atoms with Crippen molar-refractivity contribution in [3.63, 3.8) is 0 Å². The summed E-state index contributed by atoms with van der Waals surface area (Å²) in [5, 5.41) is 0. The van der Waals surface area contributed by atoms with Crippen LogP contribution in [-0.2, 0) is 9.47 Å². The van der Waals surface area contributed by atoms with Crippen molar-refractivity contribution in [3.8, 4) is 0 Å². The normalized spacial score (nSPS) is 33.9. The van der Waals surface area contributed by atoms with Crippen LogP contribution in [0.25, 0.3) is 0 Å². The number of hydrogen-bond donors (Lipinski definition) is 1. The first-order valence-corrected chi connectivity index (χ1v) is 7.79. The van der Waals surface area contributed by atoms with Crippen LogP contribution in [0.4, 0.5) is 0 Å². The minimum atomic E-state index is 0.144. The van der Waals surface area contributed by atoms with Crippen LogP contribution in [0, 0.1) is 11.3 Å². The van der Waals surface area contributed by atoms with Crippen LogP contribution in [0.3, 0.4) is 0 Å². The number of nitrogens with zero attached hydrogens (tertiary/aromatic N) is 2. The van der Waals surface area contributed by atoms with E-state index in [4.69, 9.17) is 20.2 Å². The van der Waals surface area contributed by atoms with E-state index in [1.54, 1.807) is 0 Å². The monoisotopic (exact) mass is 283 g/mol. The fourth-order valence-electron chi connectivity index (χ4n) is 4.05. The van der Waals surface area contributed by atoms with E-state index in [1.165, 1.54) is 0 Å². The molecule has 2 N–H and O–H groups in total. The molecule has 5 nitrogen and oxygen atoms in total. The number of methoxy groups -OCH3 is 1. The number of morpholine rings is 1. The van der Waals surface area contributed by atoms with Crippen molar-refractivity contribution in [1.82, 2.24) is 4.90 Å². The SMILES string of the molecule is CCC1(CC)C(N=C(N)N2CCOCC2)C(C)C1OC. The summed E-state index contributed by atoms with van der Waals surface area (Å²) >= 11 is 0. The Morgan fingerprint density at radius 1 is 1.35 bits per heavy atom. The van der Waals surface area contributed by atoms with Crippen LogP contribution in [-0.4, -0.2) is 56.4 Å². The highest BCUT2D eigenvalue weighted by atomic mass is 16.5. The van der Waals surface area contributed by atoms with Crippen molar-refractivity contribution in [2.45, 2.75) is 45.8 Å². The summed E-state index contributed by atoms with van der Waals surface area (Å²) in [5.74, 6) is 1.10. The molecule has 1 saturated heterocycles. The van der Waals surface area contributed by atoms with E-state index in [2.05, 4.69) is 25.7 Å². The van der Waals surface area contributed by atoms with Gasteiger partial charge >= 0.3 is 0 Å². The van der Waals surface area contributed by atoms with Gasteiger partial charge < -0.3 is 20.1 Å². The van der Waals surface area contributed by atoms with Gasteiger partial charge in [-0.25, -0.2) is 4.99 Å². The summed E-state index contributed by atoms with van der Waals surface area (Å²) in [6.45, 7) is 9.85. The third kappa shape index (κ3) is 2.42. The van der Waals surface area contributed by atoms with Gasteiger partial charge in [0.05, 0.1) is 25.4 Å². The Bertz CT molecular complexity index is 349. The molecule has 1 saturated carbocycles. The second kappa shape index (κ2) is 6.31. The van der Waals surface area contributed by atoms with Crippen molar-refractivity contribution < 1.29 is 9.47 Å². The molecular weight excluding hydrogens is 254 g/mol. The minimum Gasteiger partial charge on any atom is -0.380 e. The molecule has 0 spiro atoms. The molecule has 0 aromatic heterocycles. The molecule has 3 atom stereocenters. The van der Waals surface area contributed by atoms with Gasteiger partial charge in [-0.3, -0.25) is 0 Å². The maximum Gasteiger partial charge on any atom is 0.191 e. The number of hydrogen-bond acceptors (Lipinski definition) is 3. The second-order valence-electron chi connectivity index (χ2n) is 5.99. The molecule has 0 bridgehead atoms. The van der Waals surface area contributed by atoms with Crippen LogP contribution in [0.5, 0.6) is 0 Å². The van der Waals surface area contributed by atoms with Gasteiger partial charge in [0.15, 0.2) is 5.96 Å². The van der Waals surface area contributed by atoms with Gasteiger partial charge in [0.2, 0.25) is 0 Å². The first-order valence-electron chi connectivity index (χ1n) is 7.79. The highest BCUT2D eigenvalue weighted by molar-refractivity contribution is 5.78. The maximum absolute atomic E-state index is 6.22. The molecular formula is C15H29N3O2. The summed E-state index contributed by atoms with van der Waals surface area (Å²) in [6.07, 6.45) is 2.46. The summed E-state index contributed by atoms with van der Waals surface area (Å²) < 4.78 is 11.1. The Morgan fingerprint density at radius 2 is 1.95 bits per heavy atom. The van der Waals surface area contributed by atoms with Crippen molar-refractivity contribution in [2.24, 2.45) is 22.1 Å². The van der Waals surface area contributed by atoms with Crippen molar-refractivity contribution >= 4 is 5.96 Å². The van der Waals surface area contributed by atoms with Crippen LogP contribution >= 0.6 is 0 Å².